The lowest BCUT2D eigenvalue weighted by Crippen LogP contribution is -2.49. The third-order valence-corrected chi connectivity index (χ3v) is 7.72. The Morgan fingerprint density at radius 3 is 2.23 bits per heavy atom. The average molecular weight is 428 g/mol. The van der Waals surface area contributed by atoms with Crippen LogP contribution < -0.4 is 0 Å². The summed E-state index contributed by atoms with van der Waals surface area (Å²) < 4.78 is 27.5. The van der Waals surface area contributed by atoms with Crippen LogP contribution in [0.25, 0.3) is 0 Å². The third kappa shape index (κ3) is 3.97. The van der Waals surface area contributed by atoms with Crippen LogP contribution in [-0.2, 0) is 27.8 Å². The maximum atomic E-state index is 13.1. The molecule has 8 heteroatoms. The van der Waals surface area contributed by atoms with Crippen LogP contribution in [0.1, 0.15) is 28.4 Å². The van der Waals surface area contributed by atoms with Gasteiger partial charge in [0.1, 0.15) is 0 Å². The maximum absolute atomic E-state index is 13.1. The number of fused-ring (bicyclic) bond motifs is 1. The maximum Gasteiger partial charge on any atom is 0.254 e. The zero-order valence-electron chi connectivity index (χ0n) is 17.0. The summed E-state index contributed by atoms with van der Waals surface area (Å²) in [5, 5.41) is 0. The van der Waals surface area contributed by atoms with Crippen molar-refractivity contribution in [2.24, 2.45) is 0 Å². The van der Waals surface area contributed by atoms with Crippen LogP contribution in [0.15, 0.2) is 53.4 Å². The highest BCUT2D eigenvalue weighted by Crippen LogP contribution is 2.23. The van der Waals surface area contributed by atoms with Gasteiger partial charge in [0.05, 0.1) is 4.90 Å². The zero-order valence-corrected chi connectivity index (χ0v) is 17.8. The largest absolute Gasteiger partial charge is 0.340 e. The average Bonchev–Trinajstić information content (AvgIpc) is 2.78. The molecule has 158 valence electrons. The standard InChI is InChI=1S/C22H25N3O4S/c1-17(26)23-11-13-25(14-12-23)30(28,29)21-8-4-7-19(15-21)22(27)24-10-9-18-5-2-3-6-20(18)16-24/h2-8,15H,9-14,16H2,1H3. The topological polar surface area (TPSA) is 78.0 Å². The molecule has 0 aromatic heterocycles. The molecule has 2 aromatic rings. The second kappa shape index (κ2) is 8.20. The highest BCUT2D eigenvalue weighted by molar-refractivity contribution is 7.89. The zero-order chi connectivity index (χ0) is 21.3. The summed E-state index contributed by atoms with van der Waals surface area (Å²) in [6.07, 6.45) is 0.792. The second-order valence-electron chi connectivity index (χ2n) is 7.68. The molecule has 30 heavy (non-hydrogen) atoms. The summed E-state index contributed by atoms with van der Waals surface area (Å²) in [7, 11) is -3.72. The van der Waals surface area contributed by atoms with Gasteiger partial charge >= 0.3 is 0 Å². The molecule has 0 bridgehead atoms. The predicted octanol–water partition coefficient (Wildman–Crippen LogP) is 1.74. The summed E-state index contributed by atoms with van der Waals surface area (Å²) in [6, 6.07) is 14.3. The number of carbonyl (C=O) groups is 2. The van der Waals surface area contributed by atoms with Gasteiger partial charge in [-0.2, -0.15) is 4.31 Å². The van der Waals surface area contributed by atoms with Crippen LogP contribution in [-0.4, -0.2) is 67.1 Å². The lowest BCUT2D eigenvalue weighted by molar-refractivity contribution is -0.129. The number of amides is 2. The highest BCUT2D eigenvalue weighted by Gasteiger charge is 2.30. The summed E-state index contributed by atoms with van der Waals surface area (Å²) in [5.41, 5.74) is 2.75. The molecule has 7 nitrogen and oxygen atoms in total. The van der Waals surface area contributed by atoms with Crippen molar-refractivity contribution in [1.29, 1.82) is 0 Å². The van der Waals surface area contributed by atoms with Gasteiger partial charge < -0.3 is 9.80 Å². The van der Waals surface area contributed by atoms with Crippen LogP contribution in [0.5, 0.6) is 0 Å². The number of rotatable bonds is 3. The van der Waals surface area contributed by atoms with Gasteiger partial charge in [-0.3, -0.25) is 9.59 Å². The Labute approximate surface area is 176 Å². The van der Waals surface area contributed by atoms with Crippen molar-refractivity contribution in [3.63, 3.8) is 0 Å². The van der Waals surface area contributed by atoms with E-state index in [9.17, 15) is 18.0 Å². The molecule has 0 radical (unpaired) electrons. The second-order valence-corrected chi connectivity index (χ2v) is 9.62. The summed E-state index contributed by atoms with van der Waals surface area (Å²) in [6.45, 7) is 3.88. The number of hydrogen-bond acceptors (Lipinski definition) is 4. The normalized spacial score (nSPS) is 17.5. The monoisotopic (exact) mass is 427 g/mol. The molecular formula is C22H25N3O4S. The first-order valence-electron chi connectivity index (χ1n) is 10.1. The number of piperazine rings is 1. The fraction of sp³-hybridized carbons (Fsp3) is 0.364. The first kappa shape index (κ1) is 20.6. The van der Waals surface area contributed by atoms with Gasteiger partial charge in [-0.05, 0) is 35.7 Å². The Hall–Kier alpha value is -2.71. The van der Waals surface area contributed by atoms with Crippen molar-refractivity contribution in [2.45, 2.75) is 24.8 Å². The Kier molecular flexibility index (Phi) is 5.62. The van der Waals surface area contributed by atoms with Crippen LogP contribution in [0.3, 0.4) is 0 Å². The summed E-state index contributed by atoms with van der Waals surface area (Å²) in [4.78, 5) is 28.1. The summed E-state index contributed by atoms with van der Waals surface area (Å²) in [5.74, 6) is -0.217. The van der Waals surface area contributed by atoms with E-state index in [1.54, 1.807) is 21.9 Å². The van der Waals surface area contributed by atoms with Crippen molar-refractivity contribution in [3.8, 4) is 0 Å². The minimum absolute atomic E-state index is 0.0530. The molecule has 0 unspecified atom stereocenters. The van der Waals surface area contributed by atoms with Gasteiger partial charge in [0.25, 0.3) is 5.91 Å². The quantitative estimate of drug-likeness (QED) is 0.748. The lowest BCUT2D eigenvalue weighted by Gasteiger charge is -2.33. The number of nitrogens with zero attached hydrogens (tertiary/aromatic N) is 3. The minimum atomic E-state index is -3.72. The first-order valence-corrected chi connectivity index (χ1v) is 11.5. The van der Waals surface area contributed by atoms with Crippen LogP contribution in [0.4, 0.5) is 0 Å². The molecule has 2 aliphatic heterocycles. The Balaban J connectivity index is 1.51. The molecule has 2 amide bonds. The van der Waals surface area contributed by atoms with E-state index < -0.39 is 10.0 Å². The smallest absolute Gasteiger partial charge is 0.254 e. The van der Waals surface area contributed by atoms with Crippen molar-refractivity contribution >= 4 is 21.8 Å². The van der Waals surface area contributed by atoms with E-state index in [2.05, 4.69) is 6.07 Å². The molecule has 0 saturated carbocycles. The minimum Gasteiger partial charge on any atom is -0.340 e. The van der Waals surface area contributed by atoms with E-state index in [0.29, 0.717) is 31.7 Å². The van der Waals surface area contributed by atoms with Crippen LogP contribution >= 0.6 is 0 Å². The predicted molar refractivity (Wildman–Crippen MR) is 112 cm³/mol. The summed E-state index contributed by atoms with van der Waals surface area (Å²) >= 11 is 0. The van der Waals surface area contributed by atoms with Crippen molar-refractivity contribution < 1.29 is 18.0 Å². The molecule has 0 spiro atoms. The first-order chi connectivity index (χ1) is 14.4. The lowest BCUT2D eigenvalue weighted by atomic mass is 9.99. The fourth-order valence-corrected chi connectivity index (χ4v) is 5.50. The SMILES string of the molecule is CC(=O)N1CCN(S(=O)(=O)c2cccc(C(=O)N3CCc4ccccc4C3)c2)CC1. The van der Waals surface area contributed by atoms with E-state index in [4.69, 9.17) is 0 Å². The molecule has 2 aromatic carbocycles. The fourth-order valence-electron chi connectivity index (χ4n) is 4.03. The molecule has 2 aliphatic rings. The van der Waals surface area contributed by atoms with Gasteiger partial charge in [0, 0.05) is 51.8 Å². The van der Waals surface area contributed by atoms with Gasteiger partial charge in [-0.25, -0.2) is 8.42 Å². The molecule has 0 atom stereocenters. The van der Waals surface area contributed by atoms with Gasteiger partial charge in [0.15, 0.2) is 0 Å². The number of sulfonamides is 1. The highest BCUT2D eigenvalue weighted by atomic mass is 32.2. The molecule has 0 aliphatic carbocycles. The van der Waals surface area contributed by atoms with Gasteiger partial charge in [-0.1, -0.05) is 30.3 Å². The molecule has 1 saturated heterocycles. The van der Waals surface area contributed by atoms with E-state index in [0.717, 1.165) is 12.0 Å². The van der Waals surface area contributed by atoms with E-state index >= 15 is 0 Å². The number of benzene rings is 2. The van der Waals surface area contributed by atoms with E-state index in [1.165, 1.54) is 28.9 Å². The molecule has 4 rings (SSSR count). The number of carbonyl (C=O) groups excluding carboxylic acids is 2. The molecular weight excluding hydrogens is 402 g/mol. The number of hydrogen-bond donors (Lipinski definition) is 0. The van der Waals surface area contributed by atoms with Gasteiger partial charge in [-0.15, -0.1) is 0 Å². The van der Waals surface area contributed by atoms with Crippen LogP contribution in [0, 0.1) is 0 Å². The molecule has 2 heterocycles. The third-order valence-electron chi connectivity index (χ3n) is 5.82. The Morgan fingerprint density at radius 1 is 0.833 bits per heavy atom. The molecule has 0 N–H and O–H groups in total. The van der Waals surface area contributed by atoms with Crippen molar-refractivity contribution in [2.75, 3.05) is 32.7 Å². The Morgan fingerprint density at radius 2 is 1.53 bits per heavy atom. The Bertz CT molecular complexity index is 1080. The van der Waals surface area contributed by atoms with Gasteiger partial charge in [0.2, 0.25) is 15.9 Å². The van der Waals surface area contributed by atoms with Crippen molar-refractivity contribution in [1.82, 2.24) is 14.1 Å². The van der Waals surface area contributed by atoms with Crippen LogP contribution in [0.2, 0.25) is 0 Å². The molecule has 1 fully saturated rings. The van der Waals surface area contributed by atoms with Crippen molar-refractivity contribution in [3.05, 3.63) is 65.2 Å². The van der Waals surface area contributed by atoms with E-state index in [-0.39, 0.29) is 29.8 Å². The van der Waals surface area contributed by atoms with E-state index in [1.807, 2.05) is 18.2 Å².